The van der Waals surface area contributed by atoms with Crippen LogP contribution in [0.1, 0.15) is 37.5 Å². The summed E-state index contributed by atoms with van der Waals surface area (Å²) in [7, 11) is 2.10. The van der Waals surface area contributed by atoms with Gasteiger partial charge < -0.3 is 48.7 Å². The van der Waals surface area contributed by atoms with Crippen molar-refractivity contribution in [3.8, 4) is 23.0 Å². The molecule has 0 aliphatic carbocycles. The van der Waals surface area contributed by atoms with Gasteiger partial charge in [-0.25, -0.2) is 0 Å². The largest absolute Gasteiger partial charge is 0.457 e. The Morgan fingerprint density at radius 3 is 1.18 bits per heavy atom. The molecule has 7 aromatic carbocycles. The van der Waals surface area contributed by atoms with Crippen molar-refractivity contribution in [2.45, 2.75) is 41.5 Å². The zero-order chi connectivity index (χ0) is 54.4. The summed E-state index contributed by atoms with van der Waals surface area (Å²) in [4.78, 5) is 26.1. The number of hydrogen-bond acceptors (Lipinski definition) is 12. The second-order valence-electron chi connectivity index (χ2n) is 20.2. The molecule has 12 nitrogen and oxygen atoms in total. The molecular formula is C64H60N10O2. The van der Waals surface area contributed by atoms with Crippen LogP contribution < -0.4 is 48.7 Å². The summed E-state index contributed by atoms with van der Waals surface area (Å²) < 4.78 is 38.4. The minimum Gasteiger partial charge on any atom is -0.457 e. The van der Waals surface area contributed by atoms with Crippen LogP contribution in [0.5, 0.6) is 23.0 Å². The number of ether oxygens (including phenoxy) is 2. The molecule has 2 aromatic heterocycles. The van der Waals surface area contributed by atoms with Gasteiger partial charge in [-0.3, -0.25) is 9.97 Å². The Hall–Kier alpha value is -9.16. The molecule has 0 spiro atoms. The van der Waals surface area contributed by atoms with Crippen molar-refractivity contribution in [3.63, 3.8) is 0 Å². The number of nitrogens with zero attached hydrogens (tertiary/aromatic N) is 10. The van der Waals surface area contributed by atoms with Crippen LogP contribution in [0, 0.1) is 41.5 Å². The summed E-state index contributed by atoms with van der Waals surface area (Å²) >= 11 is 0. The van der Waals surface area contributed by atoms with Crippen molar-refractivity contribution in [1.82, 2.24) is 9.97 Å². The van der Waals surface area contributed by atoms with E-state index in [1.165, 1.54) is 16.0 Å². The number of aromatic nitrogens is 2. The van der Waals surface area contributed by atoms with Crippen molar-refractivity contribution in [1.29, 1.82) is 0 Å². The molecule has 0 atom stereocenters. The first-order chi connectivity index (χ1) is 38.2. The van der Waals surface area contributed by atoms with Gasteiger partial charge in [-0.1, -0.05) is 36.4 Å². The highest BCUT2D eigenvalue weighted by Crippen LogP contribution is 2.50. The summed E-state index contributed by atoms with van der Waals surface area (Å²) in [5.41, 5.74) is 21.1. The van der Waals surface area contributed by atoms with E-state index in [0.29, 0.717) is 30.5 Å². The van der Waals surface area contributed by atoms with E-state index in [0.717, 1.165) is 114 Å². The van der Waals surface area contributed by atoms with Crippen LogP contribution in [0.15, 0.2) is 170 Å². The fourth-order valence-corrected chi connectivity index (χ4v) is 11.4. The zero-order valence-corrected chi connectivity index (χ0v) is 43.8. The first-order valence-corrected chi connectivity index (χ1v) is 25.8. The van der Waals surface area contributed by atoms with Gasteiger partial charge in [0.1, 0.15) is 36.3 Å². The van der Waals surface area contributed by atoms with E-state index >= 15 is 0 Å². The lowest BCUT2D eigenvalue weighted by molar-refractivity contribution is 0.478. The van der Waals surface area contributed by atoms with Crippen molar-refractivity contribution >= 4 is 79.6 Å². The Labute approximate surface area is 449 Å². The third-order valence-corrected chi connectivity index (χ3v) is 16.0. The molecule has 0 bridgehead atoms. The van der Waals surface area contributed by atoms with Gasteiger partial charge in [0.2, 0.25) is 0 Å². The minimum atomic E-state index is -2.32. The average Bonchev–Trinajstić information content (AvgIpc) is 4.46. The number of hydrogen-bond donors (Lipinski definition) is 0. The molecule has 13 rings (SSSR count). The quantitative estimate of drug-likeness (QED) is 0.131. The molecule has 0 amide bonds. The third kappa shape index (κ3) is 7.73. The van der Waals surface area contributed by atoms with E-state index in [1.807, 2.05) is 47.6 Å². The molecule has 6 heterocycles. The summed E-state index contributed by atoms with van der Waals surface area (Å²) in [6.45, 7) is 12.6. The van der Waals surface area contributed by atoms with E-state index in [-0.39, 0.29) is 6.67 Å². The molecular weight excluding hydrogens is 941 g/mol. The van der Waals surface area contributed by atoms with E-state index in [4.69, 9.17) is 13.6 Å². The molecule has 378 valence electrons. The number of pyridine rings is 2. The molecule has 0 radical (unpaired) electrons. The van der Waals surface area contributed by atoms with Crippen LogP contribution >= 0.6 is 0 Å². The van der Waals surface area contributed by atoms with Gasteiger partial charge in [0.25, 0.3) is 0 Å². The van der Waals surface area contributed by atoms with Crippen LogP contribution in [-0.4, -0.2) is 50.7 Å². The number of benzene rings is 7. The molecule has 0 fully saturated rings. The topological polar surface area (TPSA) is 70.2 Å². The zero-order valence-electron chi connectivity index (χ0n) is 46.8. The third-order valence-electron chi connectivity index (χ3n) is 16.0. The molecule has 0 saturated carbocycles. The maximum absolute atomic E-state index is 8.26. The fraction of sp³-hybridized carbons (Fsp3) is 0.188. The Morgan fingerprint density at radius 2 is 0.750 bits per heavy atom. The molecule has 9 aromatic rings. The van der Waals surface area contributed by atoms with E-state index in [9.17, 15) is 0 Å². The van der Waals surface area contributed by atoms with Gasteiger partial charge in [-0.15, -0.1) is 0 Å². The van der Waals surface area contributed by atoms with Crippen molar-refractivity contribution in [3.05, 3.63) is 204 Å². The first-order valence-electron chi connectivity index (χ1n) is 27.3. The Balaban J connectivity index is 0.736. The van der Waals surface area contributed by atoms with Gasteiger partial charge >= 0.3 is 0 Å². The minimum absolute atomic E-state index is 0.170. The Bertz CT molecular complexity index is 3870. The van der Waals surface area contributed by atoms with E-state index in [1.54, 1.807) is 12.4 Å². The summed E-state index contributed by atoms with van der Waals surface area (Å²) in [5.74, 6) is 3.02. The fourth-order valence-electron chi connectivity index (χ4n) is 11.4. The molecule has 12 heteroatoms. The maximum atomic E-state index is 8.26. The summed E-state index contributed by atoms with van der Waals surface area (Å²) in [5, 5.41) is 0. The number of anilines is 14. The molecule has 0 N–H and O–H groups in total. The SMILES string of the molecule is [2H]C([2H])([2H])N1CN(c2cc(Oc3cccc(N4CN(c5ccc(N6CN(c7cccc(Oc8cc(N9CN(C)c%10cnccc%109)c(C)c(C)c8C)c7)c7ccccc76)cc5)c5ccccc54)c3)c(C)c(C)c2C)c2ccncc21. The average molecular weight is 1000 g/mol. The van der Waals surface area contributed by atoms with Gasteiger partial charge in [0.15, 0.2) is 0 Å². The molecule has 4 aliphatic rings. The van der Waals surface area contributed by atoms with Gasteiger partial charge in [0.05, 0.1) is 71.2 Å². The van der Waals surface area contributed by atoms with Crippen LogP contribution in [0.4, 0.5) is 79.6 Å². The summed E-state index contributed by atoms with van der Waals surface area (Å²) in [6, 6.07) is 50.9. The van der Waals surface area contributed by atoms with Gasteiger partial charge in [0, 0.05) is 88.9 Å². The lowest BCUT2D eigenvalue weighted by atomic mass is 10.0. The smallest absolute Gasteiger partial charge is 0.132 e. The highest BCUT2D eigenvalue weighted by molar-refractivity contribution is 5.90. The van der Waals surface area contributed by atoms with Crippen LogP contribution in [0.2, 0.25) is 0 Å². The predicted octanol–water partition coefficient (Wildman–Crippen LogP) is 15.5. The van der Waals surface area contributed by atoms with Crippen LogP contribution in [-0.2, 0) is 0 Å². The number of fused-ring (bicyclic) bond motifs is 4. The highest BCUT2D eigenvalue weighted by atomic mass is 16.5. The predicted molar refractivity (Wildman–Crippen MR) is 311 cm³/mol. The molecule has 0 unspecified atom stereocenters. The Morgan fingerprint density at radius 1 is 0.355 bits per heavy atom. The van der Waals surface area contributed by atoms with E-state index < -0.39 is 6.98 Å². The Kier molecular flexibility index (Phi) is 10.4. The lowest BCUT2D eigenvalue weighted by Crippen LogP contribution is -2.25. The second-order valence-corrected chi connectivity index (χ2v) is 20.2. The van der Waals surface area contributed by atoms with Crippen LogP contribution in [0.25, 0.3) is 0 Å². The molecule has 76 heavy (non-hydrogen) atoms. The van der Waals surface area contributed by atoms with Crippen molar-refractivity contribution < 1.29 is 13.6 Å². The first kappa shape index (κ1) is 43.3. The van der Waals surface area contributed by atoms with Crippen LogP contribution in [0.3, 0.4) is 0 Å². The normalized spacial score (nSPS) is 15.2. The van der Waals surface area contributed by atoms with Gasteiger partial charge in [-0.2, -0.15) is 0 Å². The van der Waals surface area contributed by atoms with Crippen molar-refractivity contribution in [2.75, 3.05) is 79.9 Å². The highest BCUT2D eigenvalue weighted by Gasteiger charge is 2.33. The maximum Gasteiger partial charge on any atom is 0.132 e. The number of rotatable bonds is 10. The summed E-state index contributed by atoms with van der Waals surface area (Å²) in [6.07, 6.45) is 7.12. The standard InChI is InChI=1S/C64H60N10O2/c1-41-43(3)59(73-37-67(7)61-35-65-29-27-57(61)73)33-63(45(41)5)75-51-17-13-15-49(31-51)71-39-69(53-19-9-11-21-55(53)71)47-23-25-48(26-24-47)70-40-72(56-22-12-10-20-54(56)70)50-16-14-18-52(32-50)76-64-34-60(44(4)42(2)46(64)6)74-38-68(8)62-36-66-30-28-58(62)74/h9-36H,37-40H2,1-8H3/i7D3. The van der Waals surface area contributed by atoms with Crippen molar-refractivity contribution in [2.24, 2.45) is 0 Å². The molecule has 0 saturated heterocycles. The monoisotopic (exact) mass is 1000 g/mol. The molecule has 4 aliphatic heterocycles. The lowest BCUT2D eigenvalue weighted by Gasteiger charge is -2.26. The number of para-hydroxylation sites is 4. The second kappa shape index (κ2) is 18.3. The van der Waals surface area contributed by atoms with Gasteiger partial charge in [-0.05, 0) is 160 Å². The van der Waals surface area contributed by atoms with E-state index in [2.05, 4.69) is 203 Å².